The number of likely N-dealkylation sites (tertiary alicyclic amines) is 1. The number of pyridine rings is 1. The molecule has 2 heterocycles. The van der Waals surface area contributed by atoms with Gasteiger partial charge in [0.1, 0.15) is 11.9 Å². The summed E-state index contributed by atoms with van der Waals surface area (Å²) in [5.41, 5.74) is 0.529. The van der Waals surface area contributed by atoms with Gasteiger partial charge in [0, 0.05) is 19.3 Å². The van der Waals surface area contributed by atoms with Gasteiger partial charge in [-0.25, -0.2) is 14.2 Å². The zero-order valence-electron chi connectivity index (χ0n) is 17.9. The van der Waals surface area contributed by atoms with Gasteiger partial charge in [-0.05, 0) is 48.9 Å². The van der Waals surface area contributed by atoms with Gasteiger partial charge in [-0.3, -0.25) is 4.79 Å². The number of aliphatic hydroxyl groups excluding tert-OH is 1. The van der Waals surface area contributed by atoms with Crippen molar-refractivity contribution in [2.24, 2.45) is 11.8 Å². The highest BCUT2D eigenvalue weighted by Gasteiger charge is 2.44. The van der Waals surface area contributed by atoms with Crippen LogP contribution in [0.15, 0.2) is 36.5 Å². The molecule has 4 atom stereocenters. The molecule has 2 aliphatic rings. The lowest BCUT2D eigenvalue weighted by atomic mass is 9.78. The number of ether oxygens (including phenoxy) is 3. The van der Waals surface area contributed by atoms with Crippen LogP contribution in [0.2, 0.25) is 0 Å². The highest BCUT2D eigenvalue weighted by molar-refractivity contribution is 5.94. The van der Waals surface area contributed by atoms with Crippen LogP contribution in [-0.4, -0.2) is 66.4 Å². The average Bonchev–Trinajstić information content (AvgIpc) is 3.21. The maximum Gasteiger partial charge on any atom is 0.337 e. The predicted molar refractivity (Wildman–Crippen MR) is 111 cm³/mol. The van der Waals surface area contributed by atoms with E-state index in [2.05, 4.69) is 4.98 Å². The number of carbonyl (C=O) groups is 2. The van der Waals surface area contributed by atoms with Gasteiger partial charge in [-0.2, -0.15) is 0 Å². The number of fused-ring (bicyclic) bond motifs is 1. The Morgan fingerprint density at radius 2 is 1.88 bits per heavy atom. The molecule has 0 radical (unpaired) electrons. The number of amides is 1. The standard InChI is InChI=1S/C23H25FN2O6/c1-30-21-18(24)7-14(10-25-21)22(28)26-11-15-8-19(27)20(9-16(15)12-26)32-17-5-3-4-13(6-17)23(29)31-2/h3-7,10,15-16,19-20,27H,8-9,11-12H2,1-2H3/t15-,16+,19+,20+/m0/s1. The highest BCUT2D eigenvalue weighted by Crippen LogP contribution is 2.38. The second kappa shape index (κ2) is 9.12. The number of aliphatic hydroxyl groups is 1. The first-order chi connectivity index (χ1) is 15.4. The normalized spacial score (nSPS) is 24.6. The van der Waals surface area contributed by atoms with Crippen molar-refractivity contribution in [3.63, 3.8) is 0 Å². The van der Waals surface area contributed by atoms with Crippen molar-refractivity contribution in [3.8, 4) is 11.6 Å². The lowest BCUT2D eigenvalue weighted by Crippen LogP contribution is -2.42. The van der Waals surface area contributed by atoms with Crippen LogP contribution in [0, 0.1) is 17.7 Å². The monoisotopic (exact) mass is 444 g/mol. The largest absolute Gasteiger partial charge is 0.488 e. The molecule has 0 bridgehead atoms. The van der Waals surface area contributed by atoms with Crippen LogP contribution in [0.4, 0.5) is 4.39 Å². The second-order valence-electron chi connectivity index (χ2n) is 8.16. The molecule has 2 fully saturated rings. The van der Waals surface area contributed by atoms with E-state index in [0.717, 1.165) is 6.07 Å². The van der Waals surface area contributed by atoms with Crippen LogP contribution >= 0.6 is 0 Å². The Labute approximate surface area is 184 Å². The fraction of sp³-hybridized carbons (Fsp3) is 0.435. The minimum absolute atomic E-state index is 0.131. The fourth-order valence-electron chi connectivity index (χ4n) is 4.55. The molecule has 9 heteroatoms. The number of aromatic nitrogens is 1. The molecule has 0 unspecified atom stereocenters. The number of nitrogens with zero attached hydrogens (tertiary/aromatic N) is 2. The first-order valence-corrected chi connectivity index (χ1v) is 10.4. The number of halogens is 1. The van der Waals surface area contributed by atoms with Crippen molar-refractivity contribution in [2.75, 3.05) is 27.3 Å². The third-order valence-corrected chi connectivity index (χ3v) is 6.16. The minimum Gasteiger partial charge on any atom is -0.488 e. The molecule has 170 valence electrons. The Kier molecular flexibility index (Phi) is 6.27. The van der Waals surface area contributed by atoms with Crippen LogP contribution < -0.4 is 9.47 Å². The van der Waals surface area contributed by atoms with Crippen molar-refractivity contribution >= 4 is 11.9 Å². The zero-order chi connectivity index (χ0) is 22.8. The fourth-order valence-corrected chi connectivity index (χ4v) is 4.55. The predicted octanol–water partition coefficient (Wildman–Crippen LogP) is 2.31. The molecule has 4 rings (SSSR count). The van der Waals surface area contributed by atoms with Crippen molar-refractivity contribution < 1.29 is 33.3 Å². The zero-order valence-corrected chi connectivity index (χ0v) is 17.9. The number of benzene rings is 1. The molecular weight excluding hydrogens is 419 g/mol. The van der Waals surface area contributed by atoms with E-state index < -0.39 is 24.0 Å². The van der Waals surface area contributed by atoms with Gasteiger partial charge in [0.15, 0.2) is 5.82 Å². The van der Waals surface area contributed by atoms with Gasteiger partial charge in [0.05, 0.1) is 31.5 Å². The summed E-state index contributed by atoms with van der Waals surface area (Å²) in [5.74, 6) is -0.857. The molecule has 1 aliphatic carbocycles. The summed E-state index contributed by atoms with van der Waals surface area (Å²) >= 11 is 0. The second-order valence-corrected chi connectivity index (χ2v) is 8.16. The summed E-state index contributed by atoms with van der Waals surface area (Å²) in [6.07, 6.45) is 1.20. The van der Waals surface area contributed by atoms with E-state index in [4.69, 9.17) is 14.2 Å². The van der Waals surface area contributed by atoms with E-state index >= 15 is 0 Å². The average molecular weight is 444 g/mol. The SMILES string of the molecule is COC(=O)c1cccc(O[C@@H]2C[C@@H]3CN(C(=O)c4cnc(OC)c(F)c4)C[C@@H]3C[C@H]2O)c1. The quantitative estimate of drug-likeness (QED) is 0.707. The molecule has 1 aromatic carbocycles. The van der Waals surface area contributed by atoms with Gasteiger partial charge < -0.3 is 24.2 Å². The molecule has 1 N–H and O–H groups in total. The number of hydrogen-bond donors (Lipinski definition) is 1. The van der Waals surface area contributed by atoms with Gasteiger partial charge in [-0.1, -0.05) is 6.07 Å². The number of carbonyl (C=O) groups excluding carboxylic acids is 2. The lowest BCUT2D eigenvalue weighted by Gasteiger charge is -2.35. The first-order valence-electron chi connectivity index (χ1n) is 10.4. The Hall–Kier alpha value is -3.20. The Balaban J connectivity index is 1.42. The van der Waals surface area contributed by atoms with Gasteiger partial charge in [-0.15, -0.1) is 0 Å². The van der Waals surface area contributed by atoms with E-state index in [0.29, 0.717) is 37.2 Å². The third kappa shape index (κ3) is 4.38. The molecule has 2 aromatic rings. The number of hydrogen-bond acceptors (Lipinski definition) is 7. The molecule has 8 nitrogen and oxygen atoms in total. The van der Waals surface area contributed by atoms with E-state index in [-0.39, 0.29) is 29.2 Å². The molecule has 1 saturated heterocycles. The Morgan fingerprint density at radius 1 is 1.12 bits per heavy atom. The maximum atomic E-state index is 14.0. The van der Waals surface area contributed by atoms with Gasteiger partial charge in [0.2, 0.25) is 5.88 Å². The van der Waals surface area contributed by atoms with E-state index in [1.165, 1.54) is 20.4 Å². The van der Waals surface area contributed by atoms with E-state index in [1.807, 2.05) is 0 Å². The molecule has 1 saturated carbocycles. The van der Waals surface area contributed by atoms with Crippen LogP contribution in [-0.2, 0) is 4.74 Å². The smallest absolute Gasteiger partial charge is 0.337 e. The number of rotatable bonds is 5. The van der Waals surface area contributed by atoms with E-state index in [9.17, 15) is 19.1 Å². The van der Waals surface area contributed by atoms with Crippen molar-refractivity contribution in [3.05, 3.63) is 53.5 Å². The summed E-state index contributed by atoms with van der Waals surface area (Å²) in [5, 5.41) is 10.6. The minimum atomic E-state index is -0.701. The summed E-state index contributed by atoms with van der Waals surface area (Å²) in [4.78, 5) is 30.1. The maximum absolute atomic E-state index is 14.0. The van der Waals surface area contributed by atoms with Crippen LogP contribution in [0.1, 0.15) is 33.6 Å². The summed E-state index contributed by atoms with van der Waals surface area (Å²) in [6, 6.07) is 7.76. The van der Waals surface area contributed by atoms with Crippen LogP contribution in [0.3, 0.4) is 0 Å². The number of methoxy groups -OCH3 is 2. The van der Waals surface area contributed by atoms with Gasteiger partial charge >= 0.3 is 5.97 Å². The molecule has 1 aromatic heterocycles. The molecule has 0 spiro atoms. The van der Waals surface area contributed by atoms with Crippen molar-refractivity contribution in [1.29, 1.82) is 0 Å². The Bertz CT molecular complexity index is 1020. The van der Waals surface area contributed by atoms with E-state index in [1.54, 1.807) is 29.2 Å². The molecule has 32 heavy (non-hydrogen) atoms. The first kappa shape index (κ1) is 22.0. The van der Waals surface area contributed by atoms with Crippen molar-refractivity contribution in [2.45, 2.75) is 25.0 Å². The molecule has 1 aliphatic heterocycles. The number of esters is 1. The molecular formula is C23H25FN2O6. The van der Waals surface area contributed by atoms with Gasteiger partial charge in [0.25, 0.3) is 5.91 Å². The highest BCUT2D eigenvalue weighted by atomic mass is 19.1. The van der Waals surface area contributed by atoms with Crippen LogP contribution in [0.5, 0.6) is 11.6 Å². The summed E-state index contributed by atoms with van der Waals surface area (Å²) in [6.45, 7) is 0.977. The topological polar surface area (TPSA) is 98.2 Å². The van der Waals surface area contributed by atoms with Crippen LogP contribution in [0.25, 0.3) is 0 Å². The lowest BCUT2D eigenvalue weighted by molar-refractivity contribution is -0.0231. The summed E-state index contributed by atoms with van der Waals surface area (Å²) in [7, 11) is 2.62. The summed E-state index contributed by atoms with van der Waals surface area (Å²) < 4.78 is 29.5. The molecule has 1 amide bonds. The Morgan fingerprint density at radius 3 is 2.56 bits per heavy atom. The van der Waals surface area contributed by atoms with Crippen molar-refractivity contribution in [1.82, 2.24) is 9.88 Å². The third-order valence-electron chi connectivity index (χ3n) is 6.16.